The van der Waals surface area contributed by atoms with Gasteiger partial charge in [-0.3, -0.25) is 0 Å². The Morgan fingerprint density at radius 2 is 0.921 bits per heavy atom. The maximum absolute atomic E-state index is 9.75. The summed E-state index contributed by atoms with van der Waals surface area (Å²) in [6.07, 6.45) is 7.20. The summed E-state index contributed by atoms with van der Waals surface area (Å²) in [4.78, 5) is 0. The largest absolute Gasteiger partial charge is 0.508 e. The number of phenols is 3. The third-order valence-corrected chi connectivity index (χ3v) is 8.67. The zero-order valence-electron chi connectivity index (χ0n) is 21.6. The lowest BCUT2D eigenvalue weighted by molar-refractivity contribution is 0.474. The van der Waals surface area contributed by atoms with Crippen molar-refractivity contribution in [1.29, 1.82) is 0 Å². The fourth-order valence-corrected chi connectivity index (χ4v) is 5.93. The summed E-state index contributed by atoms with van der Waals surface area (Å²) in [5.74, 6) is 0.863. The van der Waals surface area contributed by atoms with Gasteiger partial charge in [-0.05, 0) is 126 Å². The van der Waals surface area contributed by atoms with E-state index in [9.17, 15) is 15.3 Å². The van der Waals surface area contributed by atoms with Crippen LogP contribution < -0.4 is 5.73 Å². The van der Waals surface area contributed by atoms with Crippen LogP contribution in [0.4, 0.5) is 0 Å². The summed E-state index contributed by atoms with van der Waals surface area (Å²) in [6, 6.07) is 29.5. The Hall–Kier alpha value is -3.76. The molecule has 0 aliphatic heterocycles. The van der Waals surface area contributed by atoms with Crippen molar-refractivity contribution in [3.8, 4) is 17.2 Å². The van der Waals surface area contributed by atoms with E-state index < -0.39 is 0 Å². The van der Waals surface area contributed by atoms with E-state index in [2.05, 4.69) is 18.2 Å². The molecule has 2 aliphatic rings. The van der Waals surface area contributed by atoms with Crippen molar-refractivity contribution in [3.05, 3.63) is 124 Å². The first-order valence-electron chi connectivity index (χ1n) is 13.6. The number of phenolic OH excluding ortho intramolecular Hbond substituents is 3. The molecule has 0 bridgehead atoms. The second kappa shape index (κ2) is 9.52. The highest BCUT2D eigenvalue weighted by atomic mass is 16.3. The molecular formula is C34H35NO3. The van der Waals surface area contributed by atoms with Crippen LogP contribution >= 0.6 is 0 Å². The molecule has 0 amide bonds. The van der Waals surface area contributed by atoms with Gasteiger partial charge in [0, 0.05) is 6.04 Å². The molecule has 0 aromatic heterocycles. The van der Waals surface area contributed by atoms with Gasteiger partial charge in [0.1, 0.15) is 17.2 Å². The van der Waals surface area contributed by atoms with E-state index in [1.54, 1.807) is 36.4 Å². The zero-order chi connectivity index (χ0) is 26.3. The first-order valence-corrected chi connectivity index (χ1v) is 13.6. The van der Waals surface area contributed by atoms with E-state index in [0.29, 0.717) is 17.9 Å². The van der Waals surface area contributed by atoms with Gasteiger partial charge in [-0.1, -0.05) is 54.6 Å². The molecule has 4 nitrogen and oxygen atoms in total. The highest BCUT2D eigenvalue weighted by molar-refractivity contribution is 5.47. The fourth-order valence-electron chi connectivity index (χ4n) is 5.93. The summed E-state index contributed by atoms with van der Waals surface area (Å²) in [5, 5.41) is 29.2. The van der Waals surface area contributed by atoms with Crippen LogP contribution in [0.5, 0.6) is 17.2 Å². The van der Waals surface area contributed by atoms with Crippen molar-refractivity contribution in [2.75, 3.05) is 0 Å². The topological polar surface area (TPSA) is 86.7 Å². The van der Waals surface area contributed by atoms with E-state index in [1.807, 2.05) is 36.4 Å². The van der Waals surface area contributed by atoms with Crippen LogP contribution in [0.3, 0.4) is 0 Å². The minimum absolute atomic E-state index is 0.106. The molecule has 0 saturated heterocycles. The fraction of sp³-hybridized carbons (Fsp3) is 0.294. The van der Waals surface area contributed by atoms with Crippen LogP contribution in [0.2, 0.25) is 0 Å². The molecule has 2 aliphatic carbocycles. The maximum atomic E-state index is 9.75. The van der Waals surface area contributed by atoms with Crippen molar-refractivity contribution in [3.63, 3.8) is 0 Å². The molecule has 4 aromatic carbocycles. The van der Waals surface area contributed by atoms with Crippen molar-refractivity contribution in [1.82, 2.24) is 0 Å². The van der Waals surface area contributed by atoms with Gasteiger partial charge in [-0.25, -0.2) is 0 Å². The predicted molar refractivity (Wildman–Crippen MR) is 151 cm³/mol. The summed E-state index contributed by atoms with van der Waals surface area (Å²) in [7, 11) is 0. The number of aromatic hydroxyl groups is 3. The number of hydrogen-bond acceptors (Lipinski definition) is 4. The molecule has 38 heavy (non-hydrogen) atoms. The molecule has 1 atom stereocenters. The molecule has 2 saturated carbocycles. The molecule has 4 aromatic rings. The quantitative estimate of drug-likeness (QED) is 0.207. The molecule has 194 valence electrons. The Bertz CT molecular complexity index is 1330. The van der Waals surface area contributed by atoms with Gasteiger partial charge in [-0.15, -0.1) is 0 Å². The predicted octanol–water partition coefficient (Wildman–Crippen LogP) is 6.59. The Kier molecular flexibility index (Phi) is 6.16. The molecular weight excluding hydrogens is 470 g/mol. The van der Waals surface area contributed by atoms with Crippen LogP contribution in [0.25, 0.3) is 0 Å². The van der Waals surface area contributed by atoms with Gasteiger partial charge in [0.15, 0.2) is 0 Å². The van der Waals surface area contributed by atoms with E-state index in [-0.39, 0.29) is 22.6 Å². The highest BCUT2D eigenvalue weighted by Crippen LogP contribution is 2.55. The lowest BCUT2D eigenvalue weighted by Gasteiger charge is -2.25. The SMILES string of the molecule is N[C@@H](Cc1ccc(O)cc1)c1cc(C2(Cc3ccc(O)cc3)CC2)cc(C2(Cc3ccc(O)cc3)CC2)c1. The van der Waals surface area contributed by atoms with Gasteiger partial charge in [0.05, 0.1) is 0 Å². The summed E-state index contributed by atoms with van der Waals surface area (Å²) < 4.78 is 0. The van der Waals surface area contributed by atoms with Crippen LogP contribution in [0, 0.1) is 0 Å². The van der Waals surface area contributed by atoms with Crippen LogP contribution in [0.15, 0.2) is 91.0 Å². The molecule has 0 spiro atoms. The lowest BCUT2D eigenvalue weighted by atomic mass is 9.81. The Labute approximate surface area is 224 Å². The highest BCUT2D eigenvalue weighted by Gasteiger charge is 2.48. The molecule has 4 heteroatoms. The smallest absolute Gasteiger partial charge is 0.115 e. The third kappa shape index (κ3) is 5.14. The number of nitrogens with two attached hydrogens (primary N) is 1. The van der Waals surface area contributed by atoms with Gasteiger partial charge >= 0.3 is 0 Å². The van der Waals surface area contributed by atoms with Gasteiger partial charge < -0.3 is 21.1 Å². The van der Waals surface area contributed by atoms with Gasteiger partial charge in [0.2, 0.25) is 0 Å². The van der Waals surface area contributed by atoms with E-state index in [4.69, 9.17) is 5.73 Å². The van der Waals surface area contributed by atoms with E-state index in [1.165, 1.54) is 27.8 Å². The first-order chi connectivity index (χ1) is 18.3. The van der Waals surface area contributed by atoms with Crippen molar-refractivity contribution < 1.29 is 15.3 Å². The van der Waals surface area contributed by atoms with Crippen molar-refractivity contribution in [2.45, 2.75) is 61.8 Å². The Balaban J connectivity index is 1.35. The zero-order valence-corrected chi connectivity index (χ0v) is 21.6. The number of benzene rings is 4. The lowest BCUT2D eigenvalue weighted by Crippen LogP contribution is -2.19. The van der Waals surface area contributed by atoms with E-state index >= 15 is 0 Å². The minimum Gasteiger partial charge on any atom is -0.508 e. The Morgan fingerprint density at radius 1 is 0.553 bits per heavy atom. The molecule has 5 N–H and O–H groups in total. The standard InChI is InChI=1S/C34H35NO3/c35-32(17-23-1-7-29(36)8-2-23)26-18-27(33(13-14-33)21-24-3-9-30(37)10-4-24)20-28(19-26)34(15-16-34)22-25-5-11-31(38)12-6-25/h1-12,18-20,32,36-38H,13-17,21-22,35H2/t32-/m0/s1. The monoisotopic (exact) mass is 505 g/mol. The van der Waals surface area contributed by atoms with E-state index in [0.717, 1.165) is 44.1 Å². The van der Waals surface area contributed by atoms with Crippen LogP contribution in [0.1, 0.15) is 65.1 Å². The van der Waals surface area contributed by atoms with Crippen LogP contribution in [-0.2, 0) is 30.1 Å². The molecule has 2 fully saturated rings. The summed E-state index contributed by atoms with van der Waals surface area (Å²) >= 11 is 0. The van der Waals surface area contributed by atoms with Gasteiger partial charge in [-0.2, -0.15) is 0 Å². The first kappa shape index (κ1) is 24.6. The summed E-state index contributed by atoms with van der Waals surface area (Å²) in [5.41, 5.74) is 14.6. The van der Waals surface area contributed by atoms with Crippen LogP contribution in [-0.4, -0.2) is 15.3 Å². The van der Waals surface area contributed by atoms with Crippen molar-refractivity contribution in [2.24, 2.45) is 5.73 Å². The maximum Gasteiger partial charge on any atom is 0.115 e. The Morgan fingerprint density at radius 3 is 1.29 bits per heavy atom. The van der Waals surface area contributed by atoms with Crippen molar-refractivity contribution >= 4 is 0 Å². The van der Waals surface area contributed by atoms with Gasteiger partial charge in [0.25, 0.3) is 0 Å². The average molecular weight is 506 g/mol. The second-order valence-corrected chi connectivity index (χ2v) is 11.6. The number of hydrogen-bond donors (Lipinski definition) is 4. The molecule has 0 unspecified atom stereocenters. The molecule has 6 rings (SSSR count). The molecule has 0 heterocycles. The minimum atomic E-state index is -0.146. The average Bonchev–Trinajstić information content (AvgIpc) is 3.85. The number of rotatable bonds is 9. The third-order valence-electron chi connectivity index (χ3n) is 8.67. The summed E-state index contributed by atoms with van der Waals surface area (Å²) in [6.45, 7) is 0. The molecule has 0 radical (unpaired) electrons. The normalized spacial score (nSPS) is 17.6. The second-order valence-electron chi connectivity index (χ2n) is 11.6.